The molecule has 19 heavy (non-hydrogen) atoms. The smallest absolute Gasteiger partial charge is 0.226 e. The van der Waals surface area contributed by atoms with Gasteiger partial charge in [0.15, 0.2) is 5.82 Å². The minimum absolute atomic E-state index is 0.0515. The van der Waals surface area contributed by atoms with Crippen LogP contribution >= 0.6 is 0 Å². The summed E-state index contributed by atoms with van der Waals surface area (Å²) in [5.41, 5.74) is 0. The van der Waals surface area contributed by atoms with Crippen molar-refractivity contribution in [3.05, 3.63) is 11.7 Å². The van der Waals surface area contributed by atoms with E-state index in [-0.39, 0.29) is 11.7 Å². The third kappa shape index (κ3) is 4.55. The fraction of sp³-hybridized carbons (Fsp3) is 0.818. The van der Waals surface area contributed by atoms with E-state index in [9.17, 15) is 8.42 Å². The van der Waals surface area contributed by atoms with Gasteiger partial charge in [-0.1, -0.05) is 12.1 Å². The number of nitrogens with two attached hydrogens (primary N) is 1. The van der Waals surface area contributed by atoms with Crippen LogP contribution in [0.1, 0.15) is 31.5 Å². The van der Waals surface area contributed by atoms with Gasteiger partial charge in [-0.2, -0.15) is 4.98 Å². The van der Waals surface area contributed by atoms with Gasteiger partial charge in [0, 0.05) is 13.0 Å². The summed E-state index contributed by atoms with van der Waals surface area (Å²) in [7, 11) is -3.40. The second-order valence-corrected chi connectivity index (χ2v) is 6.69. The average molecular weight is 288 g/mol. The summed E-state index contributed by atoms with van der Waals surface area (Å²) in [5, 5.41) is 9.01. The summed E-state index contributed by atoms with van der Waals surface area (Å²) in [6.45, 7) is 4.20. The number of hydrogen-bond donors (Lipinski definition) is 1. The van der Waals surface area contributed by atoms with Crippen LogP contribution in [-0.4, -0.2) is 42.3 Å². The highest BCUT2D eigenvalue weighted by molar-refractivity contribution is 7.89. The number of piperidine rings is 1. The first-order valence-corrected chi connectivity index (χ1v) is 8.22. The van der Waals surface area contributed by atoms with Gasteiger partial charge < -0.3 is 4.52 Å². The first kappa shape index (κ1) is 14.4. The van der Waals surface area contributed by atoms with Crippen LogP contribution in [0, 0.1) is 5.92 Å². The van der Waals surface area contributed by atoms with Gasteiger partial charge in [-0.05, 0) is 25.3 Å². The van der Waals surface area contributed by atoms with Crippen molar-refractivity contribution in [2.24, 2.45) is 11.1 Å². The number of sulfonamides is 1. The van der Waals surface area contributed by atoms with Crippen molar-refractivity contribution in [1.82, 2.24) is 15.0 Å². The molecule has 1 atom stereocenters. The fourth-order valence-electron chi connectivity index (χ4n) is 2.46. The molecule has 1 unspecified atom stereocenters. The molecule has 0 saturated carbocycles. The van der Waals surface area contributed by atoms with Gasteiger partial charge in [0.25, 0.3) is 0 Å². The molecule has 0 amide bonds. The Morgan fingerprint density at radius 1 is 1.53 bits per heavy atom. The summed E-state index contributed by atoms with van der Waals surface area (Å²) in [6, 6.07) is 0. The number of aryl methyl sites for hydroxylation is 1. The highest BCUT2D eigenvalue weighted by Gasteiger charge is 2.24. The Morgan fingerprint density at radius 3 is 2.95 bits per heavy atom. The Kier molecular flexibility index (Phi) is 4.54. The fourth-order valence-corrected chi connectivity index (χ4v) is 3.39. The first-order valence-electron chi connectivity index (χ1n) is 6.50. The zero-order valence-corrected chi connectivity index (χ0v) is 11.9. The van der Waals surface area contributed by atoms with E-state index < -0.39 is 10.0 Å². The SMILES string of the molecule is CCc1nc(CN2CCCC(CS(N)(=O)=O)C2)no1. The molecule has 1 fully saturated rings. The molecule has 0 spiro atoms. The number of rotatable bonds is 5. The Hall–Kier alpha value is -0.990. The summed E-state index contributed by atoms with van der Waals surface area (Å²) < 4.78 is 27.3. The predicted molar refractivity (Wildman–Crippen MR) is 69.7 cm³/mol. The molecule has 1 aliphatic rings. The Bertz CT molecular complexity index is 514. The monoisotopic (exact) mass is 288 g/mol. The molecule has 1 aliphatic heterocycles. The maximum absolute atomic E-state index is 11.1. The average Bonchev–Trinajstić information content (AvgIpc) is 2.75. The molecule has 108 valence electrons. The Morgan fingerprint density at radius 2 is 2.32 bits per heavy atom. The molecule has 1 saturated heterocycles. The summed E-state index contributed by atoms with van der Waals surface area (Å²) in [6.07, 6.45) is 2.60. The molecule has 1 aromatic heterocycles. The van der Waals surface area contributed by atoms with Crippen LogP contribution in [0.3, 0.4) is 0 Å². The maximum atomic E-state index is 11.1. The van der Waals surface area contributed by atoms with Crippen molar-refractivity contribution in [3.63, 3.8) is 0 Å². The van der Waals surface area contributed by atoms with Crippen molar-refractivity contribution in [1.29, 1.82) is 0 Å². The molecule has 2 N–H and O–H groups in total. The lowest BCUT2D eigenvalue weighted by molar-refractivity contribution is 0.172. The first-order chi connectivity index (χ1) is 8.96. The lowest BCUT2D eigenvalue weighted by Gasteiger charge is -2.31. The van der Waals surface area contributed by atoms with Gasteiger partial charge in [-0.25, -0.2) is 13.6 Å². The number of hydrogen-bond acceptors (Lipinski definition) is 6. The molecular weight excluding hydrogens is 268 g/mol. The van der Waals surface area contributed by atoms with Gasteiger partial charge in [-0.3, -0.25) is 4.90 Å². The molecule has 8 heteroatoms. The second kappa shape index (κ2) is 5.98. The number of aromatic nitrogens is 2. The molecule has 1 aromatic rings. The van der Waals surface area contributed by atoms with Crippen LogP contribution in [0.15, 0.2) is 4.52 Å². The molecular formula is C11H20N4O3S. The number of likely N-dealkylation sites (tertiary alicyclic amines) is 1. The summed E-state index contributed by atoms with van der Waals surface area (Å²) in [4.78, 5) is 6.42. The topological polar surface area (TPSA) is 102 Å². The zero-order chi connectivity index (χ0) is 13.9. The number of nitrogens with zero attached hydrogens (tertiary/aromatic N) is 3. The van der Waals surface area contributed by atoms with Gasteiger partial charge in [0.05, 0.1) is 12.3 Å². The van der Waals surface area contributed by atoms with E-state index in [1.54, 1.807) is 0 Å². The third-order valence-corrected chi connectivity index (χ3v) is 4.18. The van der Waals surface area contributed by atoms with Crippen molar-refractivity contribution >= 4 is 10.0 Å². The molecule has 0 radical (unpaired) electrons. The lowest BCUT2D eigenvalue weighted by atomic mass is 10.0. The lowest BCUT2D eigenvalue weighted by Crippen LogP contribution is -2.39. The number of primary sulfonamides is 1. The van der Waals surface area contributed by atoms with Gasteiger partial charge in [-0.15, -0.1) is 0 Å². The van der Waals surface area contributed by atoms with E-state index in [1.807, 2.05) is 6.92 Å². The van der Waals surface area contributed by atoms with Crippen molar-refractivity contribution in [3.8, 4) is 0 Å². The van der Waals surface area contributed by atoms with Crippen molar-refractivity contribution in [2.75, 3.05) is 18.8 Å². The van der Waals surface area contributed by atoms with E-state index in [4.69, 9.17) is 9.66 Å². The maximum Gasteiger partial charge on any atom is 0.226 e. The van der Waals surface area contributed by atoms with Gasteiger partial charge in [0.1, 0.15) is 0 Å². The van der Waals surface area contributed by atoms with Gasteiger partial charge in [0.2, 0.25) is 15.9 Å². The second-order valence-electron chi connectivity index (χ2n) is 5.03. The standard InChI is InChI=1S/C11H20N4O3S/c1-2-11-13-10(14-18-11)7-15-5-3-4-9(6-15)8-19(12,16)17/h9H,2-8H2,1H3,(H2,12,16,17). The molecule has 0 aromatic carbocycles. The summed E-state index contributed by atoms with van der Waals surface area (Å²) in [5.74, 6) is 1.44. The minimum Gasteiger partial charge on any atom is -0.339 e. The van der Waals surface area contributed by atoms with Crippen LogP contribution in [0.5, 0.6) is 0 Å². The van der Waals surface area contributed by atoms with Gasteiger partial charge >= 0.3 is 0 Å². The van der Waals surface area contributed by atoms with Crippen LogP contribution in [-0.2, 0) is 23.0 Å². The van der Waals surface area contributed by atoms with E-state index in [2.05, 4.69) is 15.0 Å². The molecule has 0 aliphatic carbocycles. The van der Waals surface area contributed by atoms with Crippen molar-refractivity contribution in [2.45, 2.75) is 32.7 Å². The van der Waals surface area contributed by atoms with Crippen LogP contribution in [0.25, 0.3) is 0 Å². The molecule has 7 nitrogen and oxygen atoms in total. The van der Waals surface area contributed by atoms with Crippen molar-refractivity contribution < 1.29 is 12.9 Å². The van der Waals surface area contributed by atoms with Crippen LogP contribution < -0.4 is 5.14 Å². The predicted octanol–water partition coefficient (Wildman–Crippen LogP) is 0.133. The largest absolute Gasteiger partial charge is 0.339 e. The molecule has 2 rings (SSSR count). The highest BCUT2D eigenvalue weighted by Crippen LogP contribution is 2.18. The van der Waals surface area contributed by atoms with Crippen LogP contribution in [0.4, 0.5) is 0 Å². The quantitative estimate of drug-likeness (QED) is 0.826. The highest BCUT2D eigenvalue weighted by atomic mass is 32.2. The van der Waals surface area contributed by atoms with E-state index >= 15 is 0 Å². The van der Waals surface area contributed by atoms with E-state index in [0.29, 0.717) is 24.8 Å². The van der Waals surface area contributed by atoms with E-state index in [0.717, 1.165) is 25.8 Å². The Labute approximate surface area is 113 Å². The third-order valence-electron chi connectivity index (χ3n) is 3.25. The Balaban J connectivity index is 1.90. The zero-order valence-electron chi connectivity index (χ0n) is 11.1. The van der Waals surface area contributed by atoms with E-state index in [1.165, 1.54) is 0 Å². The van der Waals surface area contributed by atoms with Crippen LogP contribution in [0.2, 0.25) is 0 Å². The normalized spacial score (nSPS) is 21.7. The minimum atomic E-state index is -3.40. The summed E-state index contributed by atoms with van der Waals surface area (Å²) >= 11 is 0. The molecule has 2 heterocycles. The molecule has 0 bridgehead atoms.